The number of esters is 2. The van der Waals surface area contributed by atoms with Gasteiger partial charge in [0, 0.05) is 13.5 Å². The van der Waals surface area contributed by atoms with Gasteiger partial charge in [0.05, 0.1) is 18.8 Å². The van der Waals surface area contributed by atoms with Crippen LogP contribution in [0.1, 0.15) is 71.0 Å². The van der Waals surface area contributed by atoms with E-state index in [1.54, 1.807) is 13.8 Å². The molecule has 1 N–H and O–H groups in total. The first-order valence-corrected chi connectivity index (χ1v) is 10.6. The number of methoxy groups -OCH3 is 1. The van der Waals surface area contributed by atoms with Gasteiger partial charge in [0.2, 0.25) is 5.91 Å². The Labute approximate surface area is 169 Å². The normalized spacial score (nSPS) is 14.5. The summed E-state index contributed by atoms with van der Waals surface area (Å²) in [6.07, 6.45) is 6.07. The Morgan fingerprint density at radius 2 is 1.79 bits per heavy atom. The highest BCUT2D eigenvalue weighted by atomic mass is 32.1. The van der Waals surface area contributed by atoms with Gasteiger partial charge in [-0.15, -0.1) is 11.3 Å². The van der Waals surface area contributed by atoms with E-state index in [2.05, 4.69) is 5.32 Å². The van der Waals surface area contributed by atoms with Crippen molar-refractivity contribution in [3.63, 3.8) is 0 Å². The fourth-order valence-corrected chi connectivity index (χ4v) is 4.46. The quantitative estimate of drug-likeness (QED) is 0.489. The van der Waals surface area contributed by atoms with Crippen LogP contribution in [0.25, 0.3) is 0 Å². The van der Waals surface area contributed by atoms with E-state index in [1.165, 1.54) is 13.5 Å². The summed E-state index contributed by atoms with van der Waals surface area (Å²) in [5, 5.41) is 3.17. The van der Waals surface area contributed by atoms with E-state index in [-0.39, 0.29) is 36.2 Å². The van der Waals surface area contributed by atoms with Crippen LogP contribution in [0, 0.1) is 12.8 Å². The molecule has 1 fully saturated rings. The summed E-state index contributed by atoms with van der Waals surface area (Å²) in [4.78, 5) is 37.6. The molecule has 2 rings (SSSR count). The van der Waals surface area contributed by atoms with Crippen molar-refractivity contribution in [2.45, 2.75) is 52.4 Å². The minimum Gasteiger partial charge on any atom is -0.462 e. The Morgan fingerprint density at radius 3 is 2.43 bits per heavy atom. The molecule has 1 heterocycles. The lowest BCUT2D eigenvalue weighted by Gasteiger charge is -2.20. The first-order valence-electron chi connectivity index (χ1n) is 9.74. The molecule has 156 valence electrons. The number of anilines is 1. The summed E-state index contributed by atoms with van der Waals surface area (Å²) >= 11 is 1.05. The van der Waals surface area contributed by atoms with Crippen LogP contribution >= 0.6 is 11.3 Å². The second-order valence-corrected chi connectivity index (χ2v) is 7.89. The summed E-state index contributed by atoms with van der Waals surface area (Å²) in [5.41, 5.74) is 0.682. The molecule has 0 unspecified atom stereocenters. The molecule has 1 amide bonds. The zero-order chi connectivity index (χ0) is 20.5. The van der Waals surface area contributed by atoms with Crippen LogP contribution in [0.5, 0.6) is 0 Å². The predicted molar refractivity (Wildman–Crippen MR) is 107 cm³/mol. The van der Waals surface area contributed by atoms with Crippen molar-refractivity contribution in [1.29, 1.82) is 0 Å². The number of nitrogens with one attached hydrogen (secondary N) is 1. The summed E-state index contributed by atoms with van der Waals surface area (Å²) in [5.74, 6) is -0.865. The van der Waals surface area contributed by atoms with Crippen LogP contribution in [-0.4, -0.2) is 44.8 Å². The second kappa shape index (κ2) is 11.2. The lowest BCUT2D eigenvalue weighted by Crippen LogP contribution is -2.19. The molecule has 28 heavy (non-hydrogen) atoms. The highest BCUT2D eigenvalue weighted by Crippen LogP contribution is 2.35. The minimum atomic E-state index is -0.555. The minimum absolute atomic E-state index is 0.116. The first-order chi connectivity index (χ1) is 13.5. The van der Waals surface area contributed by atoms with Crippen LogP contribution in [0.4, 0.5) is 5.00 Å². The van der Waals surface area contributed by atoms with Crippen molar-refractivity contribution in [3.05, 3.63) is 16.0 Å². The Kier molecular flexibility index (Phi) is 8.92. The Balaban J connectivity index is 2.17. The first kappa shape index (κ1) is 22.4. The number of rotatable bonds is 9. The molecule has 0 atom stereocenters. The van der Waals surface area contributed by atoms with E-state index in [0.29, 0.717) is 22.9 Å². The Bertz CT molecular complexity index is 693. The molecule has 1 aliphatic rings. The zero-order valence-corrected chi connectivity index (χ0v) is 17.6. The summed E-state index contributed by atoms with van der Waals surface area (Å²) in [6, 6.07) is 0. The van der Waals surface area contributed by atoms with Crippen molar-refractivity contribution in [2.24, 2.45) is 5.92 Å². The molecule has 0 bridgehead atoms. The topological polar surface area (TPSA) is 90.9 Å². The molecular weight excluding hydrogens is 382 g/mol. The smallest absolute Gasteiger partial charge is 0.348 e. The average Bonchev–Trinajstić information content (AvgIpc) is 2.98. The molecule has 0 radical (unpaired) electrons. The molecular formula is C20H29NO6S. The van der Waals surface area contributed by atoms with Crippen molar-refractivity contribution in [1.82, 2.24) is 0 Å². The molecule has 1 aromatic rings. The van der Waals surface area contributed by atoms with Gasteiger partial charge in [-0.3, -0.25) is 4.79 Å². The zero-order valence-electron chi connectivity index (χ0n) is 16.8. The van der Waals surface area contributed by atoms with E-state index in [4.69, 9.17) is 14.2 Å². The molecule has 1 aromatic heterocycles. The lowest BCUT2D eigenvalue weighted by atomic mass is 9.87. The number of amides is 1. The number of hydrogen-bond donors (Lipinski definition) is 1. The maximum Gasteiger partial charge on any atom is 0.348 e. The number of ether oxygens (including phenoxy) is 3. The van der Waals surface area contributed by atoms with E-state index in [1.807, 2.05) is 0 Å². The summed E-state index contributed by atoms with van der Waals surface area (Å²) < 4.78 is 15.2. The van der Waals surface area contributed by atoms with Gasteiger partial charge in [-0.25, -0.2) is 9.59 Å². The van der Waals surface area contributed by atoms with Gasteiger partial charge in [0.25, 0.3) is 0 Å². The van der Waals surface area contributed by atoms with Crippen LogP contribution in [-0.2, 0) is 19.0 Å². The molecule has 7 nitrogen and oxygen atoms in total. The van der Waals surface area contributed by atoms with Gasteiger partial charge in [0.15, 0.2) is 0 Å². The van der Waals surface area contributed by atoms with Crippen molar-refractivity contribution in [2.75, 3.05) is 32.2 Å². The van der Waals surface area contributed by atoms with Gasteiger partial charge in [-0.2, -0.15) is 0 Å². The van der Waals surface area contributed by atoms with Gasteiger partial charge >= 0.3 is 11.9 Å². The highest BCUT2D eigenvalue weighted by Gasteiger charge is 2.28. The molecule has 8 heteroatoms. The SMILES string of the molecule is CCOC(=O)c1c(NC(=O)CC2CCCCC2)sc(C(=O)OCCOC)c1C. The number of thiophene rings is 1. The second-order valence-electron chi connectivity index (χ2n) is 6.87. The lowest BCUT2D eigenvalue weighted by molar-refractivity contribution is -0.117. The fraction of sp³-hybridized carbons (Fsp3) is 0.650. The van der Waals surface area contributed by atoms with E-state index in [0.717, 1.165) is 37.0 Å². The van der Waals surface area contributed by atoms with Crippen molar-refractivity contribution >= 4 is 34.2 Å². The highest BCUT2D eigenvalue weighted by molar-refractivity contribution is 7.18. The van der Waals surface area contributed by atoms with Crippen LogP contribution in [0.3, 0.4) is 0 Å². The average molecular weight is 412 g/mol. The van der Waals surface area contributed by atoms with Crippen LogP contribution in [0.2, 0.25) is 0 Å². The number of hydrogen-bond acceptors (Lipinski definition) is 7. The van der Waals surface area contributed by atoms with E-state index >= 15 is 0 Å². The molecule has 0 saturated heterocycles. The third kappa shape index (κ3) is 6.04. The molecule has 0 aliphatic heterocycles. The monoisotopic (exact) mass is 411 g/mol. The third-order valence-electron chi connectivity index (χ3n) is 4.78. The molecule has 0 spiro atoms. The maximum absolute atomic E-state index is 12.5. The fourth-order valence-electron chi connectivity index (χ4n) is 3.36. The van der Waals surface area contributed by atoms with Crippen LogP contribution < -0.4 is 5.32 Å². The number of carbonyl (C=O) groups is 3. The predicted octanol–water partition coefficient (Wildman–Crippen LogP) is 3.95. The summed E-state index contributed by atoms with van der Waals surface area (Å²) in [6.45, 7) is 3.97. The Hall–Kier alpha value is -1.93. The standard InChI is InChI=1S/C20H29NO6S/c1-4-26-19(23)16-13(2)17(20(24)27-11-10-25-3)28-18(16)21-15(22)12-14-8-6-5-7-9-14/h14H,4-12H2,1-3H3,(H,21,22). The maximum atomic E-state index is 12.5. The van der Waals surface area contributed by atoms with Crippen molar-refractivity contribution < 1.29 is 28.6 Å². The molecule has 0 aromatic carbocycles. The van der Waals surface area contributed by atoms with Crippen molar-refractivity contribution in [3.8, 4) is 0 Å². The van der Waals surface area contributed by atoms with Crippen LogP contribution in [0.15, 0.2) is 0 Å². The van der Waals surface area contributed by atoms with Gasteiger partial charge < -0.3 is 19.5 Å². The number of carbonyl (C=O) groups excluding carboxylic acids is 3. The third-order valence-corrected chi connectivity index (χ3v) is 5.97. The Morgan fingerprint density at radius 1 is 1.07 bits per heavy atom. The van der Waals surface area contributed by atoms with Gasteiger partial charge in [-0.1, -0.05) is 19.3 Å². The van der Waals surface area contributed by atoms with Gasteiger partial charge in [-0.05, 0) is 38.2 Å². The van der Waals surface area contributed by atoms with E-state index in [9.17, 15) is 14.4 Å². The van der Waals surface area contributed by atoms with Gasteiger partial charge in [0.1, 0.15) is 16.5 Å². The largest absolute Gasteiger partial charge is 0.462 e. The molecule has 1 aliphatic carbocycles. The summed E-state index contributed by atoms with van der Waals surface area (Å²) in [7, 11) is 1.52. The van der Waals surface area contributed by atoms with E-state index < -0.39 is 11.9 Å². The molecule has 1 saturated carbocycles.